The second-order valence-electron chi connectivity index (χ2n) is 5.52. The number of esters is 1. The molecular weight excluding hydrogens is 352 g/mol. The van der Waals surface area contributed by atoms with Crippen LogP contribution in [0.2, 0.25) is 5.02 Å². The minimum Gasteiger partial charge on any atom is -0.452 e. The van der Waals surface area contributed by atoms with Gasteiger partial charge in [-0.2, -0.15) is 5.26 Å². The number of nitriles is 1. The number of nitrogens with one attached hydrogen (secondary N) is 1. The van der Waals surface area contributed by atoms with E-state index in [1.54, 1.807) is 48.5 Å². The van der Waals surface area contributed by atoms with Crippen LogP contribution in [-0.4, -0.2) is 18.5 Å². The van der Waals surface area contributed by atoms with E-state index in [0.717, 1.165) is 11.1 Å². The van der Waals surface area contributed by atoms with Crippen LogP contribution in [0, 0.1) is 11.3 Å². The molecule has 0 fully saturated rings. The SMILES string of the molecule is C[C@@H](NC(=O)COC(=O)/C=C/c1ccc(C#N)cc1)c1cccc(Cl)c1. The highest BCUT2D eigenvalue weighted by molar-refractivity contribution is 6.30. The highest BCUT2D eigenvalue weighted by Crippen LogP contribution is 2.17. The molecule has 0 aliphatic carbocycles. The van der Waals surface area contributed by atoms with Crippen LogP contribution in [0.3, 0.4) is 0 Å². The van der Waals surface area contributed by atoms with Crippen molar-refractivity contribution in [3.63, 3.8) is 0 Å². The normalized spacial score (nSPS) is 11.6. The van der Waals surface area contributed by atoms with Crippen molar-refractivity contribution in [2.75, 3.05) is 6.61 Å². The number of carbonyl (C=O) groups is 2. The van der Waals surface area contributed by atoms with Gasteiger partial charge in [0.25, 0.3) is 5.91 Å². The van der Waals surface area contributed by atoms with E-state index >= 15 is 0 Å². The largest absolute Gasteiger partial charge is 0.452 e. The Kier molecular flexibility index (Phi) is 6.95. The number of hydrogen-bond donors (Lipinski definition) is 1. The zero-order valence-corrected chi connectivity index (χ0v) is 14.9. The molecule has 2 aromatic rings. The summed E-state index contributed by atoms with van der Waals surface area (Å²) in [7, 11) is 0. The molecule has 2 rings (SSSR count). The van der Waals surface area contributed by atoms with Crippen molar-refractivity contribution in [1.29, 1.82) is 5.26 Å². The third-order valence-electron chi connectivity index (χ3n) is 3.52. The number of ether oxygens (including phenoxy) is 1. The van der Waals surface area contributed by atoms with Gasteiger partial charge in [-0.15, -0.1) is 0 Å². The Morgan fingerprint density at radius 2 is 2.00 bits per heavy atom. The van der Waals surface area contributed by atoms with E-state index in [1.807, 2.05) is 19.1 Å². The molecule has 0 aromatic heterocycles. The molecule has 0 radical (unpaired) electrons. The standard InChI is InChI=1S/C20H17ClN2O3/c1-14(17-3-2-4-18(21)11-17)23-19(24)13-26-20(25)10-9-15-5-7-16(12-22)8-6-15/h2-11,14H,13H2,1H3,(H,23,24)/b10-9+/t14-/m1/s1. The number of hydrogen-bond acceptors (Lipinski definition) is 4. The van der Waals surface area contributed by atoms with Gasteiger partial charge in [-0.05, 0) is 48.4 Å². The third kappa shape index (κ3) is 6.08. The molecule has 1 atom stereocenters. The molecular formula is C20H17ClN2O3. The summed E-state index contributed by atoms with van der Waals surface area (Å²) >= 11 is 5.92. The Morgan fingerprint density at radius 3 is 2.65 bits per heavy atom. The number of benzene rings is 2. The molecule has 0 saturated carbocycles. The molecule has 1 amide bonds. The lowest BCUT2D eigenvalue weighted by Gasteiger charge is -2.14. The van der Waals surface area contributed by atoms with Gasteiger partial charge in [0.15, 0.2) is 6.61 Å². The van der Waals surface area contributed by atoms with Gasteiger partial charge in [0.1, 0.15) is 0 Å². The van der Waals surface area contributed by atoms with Crippen LogP contribution < -0.4 is 5.32 Å². The maximum absolute atomic E-state index is 11.9. The summed E-state index contributed by atoms with van der Waals surface area (Å²) in [5.41, 5.74) is 2.15. The highest BCUT2D eigenvalue weighted by Gasteiger charge is 2.11. The van der Waals surface area contributed by atoms with Crippen molar-refractivity contribution in [3.05, 3.63) is 76.3 Å². The molecule has 0 saturated heterocycles. The van der Waals surface area contributed by atoms with Crippen molar-refractivity contribution >= 4 is 29.6 Å². The molecule has 5 nitrogen and oxygen atoms in total. The van der Waals surface area contributed by atoms with Gasteiger partial charge in [0.05, 0.1) is 17.7 Å². The summed E-state index contributed by atoms with van der Waals surface area (Å²) in [6, 6.07) is 15.6. The lowest BCUT2D eigenvalue weighted by molar-refractivity contribution is -0.144. The molecule has 132 valence electrons. The van der Waals surface area contributed by atoms with E-state index in [-0.39, 0.29) is 12.6 Å². The lowest BCUT2D eigenvalue weighted by atomic mass is 10.1. The zero-order valence-electron chi connectivity index (χ0n) is 14.1. The number of rotatable bonds is 6. The van der Waals surface area contributed by atoms with Crippen molar-refractivity contribution in [3.8, 4) is 6.07 Å². The monoisotopic (exact) mass is 368 g/mol. The lowest BCUT2D eigenvalue weighted by Crippen LogP contribution is -2.30. The van der Waals surface area contributed by atoms with Gasteiger partial charge in [0.2, 0.25) is 0 Å². The maximum atomic E-state index is 11.9. The molecule has 0 spiro atoms. The van der Waals surface area contributed by atoms with Crippen LogP contribution in [-0.2, 0) is 14.3 Å². The predicted octanol–water partition coefficient (Wildman–Crippen LogP) is 3.65. The first-order valence-corrected chi connectivity index (χ1v) is 8.25. The summed E-state index contributed by atoms with van der Waals surface area (Å²) in [4.78, 5) is 23.6. The fourth-order valence-electron chi connectivity index (χ4n) is 2.16. The Balaban J connectivity index is 1.79. The fraction of sp³-hybridized carbons (Fsp3) is 0.150. The average Bonchev–Trinajstić information content (AvgIpc) is 2.65. The summed E-state index contributed by atoms with van der Waals surface area (Å²) < 4.78 is 4.91. The molecule has 0 bridgehead atoms. The van der Waals surface area contributed by atoms with Crippen molar-refractivity contribution in [1.82, 2.24) is 5.32 Å². The van der Waals surface area contributed by atoms with Gasteiger partial charge >= 0.3 is 5.97 Å². The molecule has 1 N–H and O–H groups in total. The van der Waals surface area contributed by atoms with Crippen LogP contribution >= 0.6 is 11.6 Å². The third-order valence-corrected chi connectivity index (χ3v) is 3.76. The van der Waals surface area contributed by atoms with E-state index in [0.29, 0.717) is 10.6 Å². The van der Waals surface area contributed by atoms with Gasteiger partial charge in [0, 0.05) is 11.1 Å². The second kappa shape index (κ2) is 9.40. The van der Waals surface area contributed by atoms with Gasteiger partial charge in [-0.1, -0.05) is 35.9 Å². The van der Waals surface area contributed by atoms with Crippen LogP contribution in [0.4, 0.5) is 0 Å². The molecule has 6 heteroatoms. The number of carbonyl (C=O) groups excluding carboxylic acids is 2. The Labute approximate surface area is 156 Å². The van der Waals surface area contributed by atoms with Crippen LogP contribution in [0.1, 0.15) is 29.7 Å². The fourth-order valence-corrected chi connectivity index (χ4v) is 2.36. The smallest absolute Gasteiger partial charge is 0.331 e. The van der Waals surface area contributed by atoms with E-state index in [1.165, 1.54) is 6.08 Å². The van der Waals surface area contributed by atoms with Crippen LogP contribution in [0.15, 0.2) is 54.6 Å². The van der Waals surface area contributed by atoms with E-state index < -0.39 is 11.9 Å². The molecule has 26 heavy (non-hydrogen) atoms. The van der Waals surface area contributed by atoms with Crippen LogP contribution in [0.5, 0.6) is 0 Å². The summed E-state index contributed by atoms with van der Waals surface area (Å²) in [5, 5.41) is 12.1. The first kappa shape index (κ1) is 19.2. The number of amides is 1. The van der Waals surface area contributed by atoms with Gasteiger partial charge in [-0.25, -0.2) is 4.79 Å². The summed E-state index contributed by atoms with van der Waals surface area (Å²) in [6.45, 7) is 1.44. The topological polar surface area (TPSA) is 79.2 Å². The second-order valence-corrected chi connectivity index (χ2v) is 5.96. The predicted molar refractivity (Wildman–Crippen MR) is 99.2 cm³/mol. The number of nitrogens with zero attached hydrogens (tertiary/aromatic N) is 1. The first-order valence-electron chi connectivity index (χ1n) is 7.88. The summed E-state index contributed by atoms with van der Waals surface area (Å²) in [6.07, 6.45) is 2.78. The average molecular weight is 369 g/mol. The van der Waals surface area contributed by atoms with E-state index in [2.05, 4.69) is 5.32 Å². The Bertz CT molecular complexity index is 854. The minimum atomic E-state index is -0.625. The van der Waals surface area contributed by atoms with Gasteiger partial charge in [-0.3, -0.25) is 4.79 Å². The van der Waals surface area contributed by atoms with Gasteiger partial charge < -0.3 is 10.1 Å². The first-order chi connectivity index (χ1) is 12.5. The molecule has 0 unspecified atom stereocenters. The van der Waals surface area contributed by atoms with E-state index in [4.69, 9.17) is 21.6 Å². The Hall–Kier alpha value is -3.10. The quantitative estimate of drug-likeness (QED) is 0.623. The van der Waals surface area contributed by atoms with Crippen molar-refractivity contribution in [2.24, 2.45) is 0 Å². The maximum Gasteiger partial charge on any atom is 0.331 e. The minimum absolute atomic E-state index is 0.255. The van der Waals surface area contributed by atoms with Crippen molar-refractivity contribution < 1.29 is 14.3 Å². The molecule has 0 heterocycles. The molecule has 2 aromatic carbocycles. The van der Waals surface area contributed by atoms with Crippen molar-refractivity contribution in [2.45, 2.75) is 13.0 Å². The molecule has 0 aliphatic rings. The zero-order chi connectivity index (χ0) is 18.9. The highest BCUT2D eigenvalue weighted by atomic mass is 35.5. The Morgan fingerprint density at radius 1 is 1.27 bits per heavy atom. The summed E-state index contributed by atoms with van der Waals surface area (Å²) in [5.74, 6) is -1.03. The molecule has 0 aliphatic heterocycles. The van der Waals surface area contributed by atoms with Crippen LogP contribution in [0.25, 0.3) is 6.08 Å². The van der Waals surface area contributed by atoms with E-state index in [9.17, 15) is 9.59 Å². The number of halogens is 1.